The van der Waals surface area contributed by atoms with Crippen LogP contribution in [0, 0.1) is 0 Å². The van der Waals surface area contributed by atoms with Gasteiger partial charge in [0.25, 0.3) is 0 Å². The molecule has 2 heterocycles. The van der Waals surface area contributed by atoms with Gasteiger partial charge in [0, 0.05) is 49.5 Å². The zero-order valence-corrected chi connectivity index (χ0v) is 11.3. The lowest BCUT2D eigenvalue weighted by Crippen LogP contribution is -2.15. The molecule has 0 aliphatic carbocycles. The molecule has 100 valence electrons. The van der Waals surface area contributed by atoms with Gasteiger partial charge in [-0.25, -0.2) is 9.97 Å². The minimum atomic E-state index is 0.343. The molecule has 0 bridgehead atoms. The first-order valence-corrected chi connectivity index (χ1v) is 6.41. The van der Waals surface area contributed by atoms with E-state index in [-0.39, 0.29) is 0 Å². The van der Waals surface area contributed by atoms with Crippen LogP contribution in [0.25, 0.3) is 0 Å². The van der Waals surface area contributed by atoms with E-state index in [0.717, 1.165) is 18.7 Å². The molecule has 0 saturated carbocycles. The van der Waals surface area contributed by atoms with E-state index in [1.165, 1.54) is 5.56 Å². The minimum Gasteiger partial charge on any atom is -0.352 e. The lowest BCUT2D eigenvalue weighted by Gasteiger charge is -2.08. The molecule has 5 heteroatoms. The molecule has 0 spiro atoms. The number of hydrogen-bond donors (Lipinski definition) is 2. The van der Waals surface area contributed by atoms with Crippen molar-refractivity contribution >= 4 is 5.95 Å². The van der Waals surface area contributed by atoms with Crippen LogP contribution in [0.5, 0.6) is 0 Å². The zero-order valence-electron chi connectivity index (χ0n) is 11.3. The van der Waals surface area contributed by atoms with Gasteiger partial charge in [0.15, 0.2) is 0 Å². The monoisotopic (exact) mass is 257 g/mol. The van der Waals surface area contributed by atoms with Crippen molar-refractivity contribution in [2.45, 2.75) is 33.0 Å². The Morgan fingerprint density at radius 3 is 2.26 bits per heavy atom. The number of nitrogens with one attached hydrogen (secondary N) is 2. The lowest BCUT2D eigenvalue weighted by molar-refractivity contribution is 0.688. The summed E-state index contributed by atoms with van der Waals surface area (Å²) in [6.07, 6.45) is 7.29. The maximum atomic E-state index is 4.27. The molecule has 5 nitrogen and oxygen atoms in total. The summed E-state index contributed by atoms with van der Waals surface area (Å²) in [5.74, 6) is 0.674. The van der Waals surface area contributed by atoms with Crippen LogP contribution in [-0.2, 0) is 13.1 Å². The second-order valence-corrected chi connectivity index (χ2v) is 4.67. The van der Waals surface area contributed by atoms with Crippen LogP contribution in [-0.4, -0.2) is 21.0 Å². The Balaban J connectivity index is 1.80. The van der Waals surface area contributed by atoms with E-state index in [1.54, 1.807) is 12.4 Å². The van der Waals surface area contributed by atoms with Gasteiger partial charge < -0.3 is 10.6 Å². The second kappa shape index (κ2) is 6.80. The van der Waals surface area contributed by atoms with Gasteiger partial charge in [0.2, 0.25) is 5.95 Å². The van der Waals surface area contributed by atoms with Crippen molar-refractivity contribution in [2.24, 2.45) is 0 Å². The minimum absolute atomic E-state index is 0.343. The van der Waals surface area contributed by atoms with Crippen molar-refractivity contribution in [3.05, 3.63) is 48.0 Å². The summed E-state index contributed by atoms with van der Waals surface area (Å²) < 4.78 is 0. The number of rotatable bonds is 6. The lowest BCUT2D eigenvalue weighted by atomic mass is 10.2. The largest absolute Gasteiger partial charge is 0.352 e. The standard InChI is InChI=1S/C14H19N5/c1-11(2)19-14-17-9-13(10-18-14)8-16-7-12-3-5-15-6-4-12/h3-6,9-11,16H,7-8H2,1-2H3,(H,17,18,19). The van der Waals surface area contributed by atoms with E-state index in [9.17, 15) is 0 Å². The molecule has 0 amide bonds. The first-order chi connectivity index (χ1) is 9.24. The molecule has 0 saturated heterocycles. The molecule has 0 radical (unpaired) electrons. The van der Waals surface area contributed by atoms with Crippen LogP contribution in [0.3, 0.4) is 0 Å². The topological polar surface area (TPSA) is 62.7 Å². The fraction of sp³-hybridized carbons (Fsp3) is 0.357. The Morgan fingerprint density at radius 2 is 1.63 bits per heavy atom. The van der Waals surface area contributed by atoms with Gasteiger partial charge in [0.1, 0.15) is 0 Å². The number of pyridine rings is 1. The van der Waals surface area contributed by atoms with Crippen LogP contribution < -0.4 is 10.6 Å². The number of anilines is 1. The Morgan fingerprint density at radius 1 is 1.00 bits per heavy atom. The van der Waals surface area contributed by atoms with Gasteiger partial charge >= 0.3 is 0 Å². The molecule has 0 aromatic carbocycles. The zero-order chi connectivity index (χ0) is 13.5. The van der Waals surface area contributed by atoms with E-state index in [4.69, 9.17) is 0 Å². The quantitative estimate of drug-likeness (QED) is 0.828. The molecule has 0 fully saturated rings. The van der Waals surface area contributed by atoms with E-state index in [0.29, 0.717) is 12.0 Å². The van der Waals surface area contributed by atoms with Crippen molar-refractivity contribution in [2.75, 3.05) is 5.32 Å². The van der Waals surface area contributed by atoms with Gasteiger partial charge in [-0.2, -0.15) is 0 Å². The maximum absolute atomic E-state index is 4.27. The number of hydrogen-bond acceptors (Lipinski definition) is 5. The summed E-state index contributed by atoms with van der Waals surface area (Å²) in [5.41, 5.74) is 2.29. The molecule has 0 atom stereocenters. The highest BCUT2D eigenvalue weighted by Crippen LogP contribution is 2.02. The number of aromatic nitrogens is 3. The maximum Gasteiger partial charge on any atom is 0.222 e. The number of nitrogens with zero attached hydrogens (tertiary/aromatic N) is 3. The molecule has 0 aliphatic heterocycles. The molecule has 2 aromatic rings. The third kappa shape index (κ3) is 4.63. The summed E-state index contributed by atoms with van der Waals surface area (Å²) in [6.45, 7) is 5.69. The van der Waals surface area contributed by atoms with Crippen LogP contribution in [0.4, 0.5) is 5.95 Å². The summed E-state index contributed by atoms with van der Waals surface area (Å²) in [6, 6.07) is 4.34. The normalized spacial score (nSPS) is 10.7. The fourth-order valence-corrected chi connectivity index (χ4v) is 1.63. The molecule has 2 N–H and O–H groups in total. The first-order valence-electron chi connectivity index (χ1n) is 6.41. The molecular weight excluding hydrogens is 238 g/mol. The van der Waals surface area contributed by atoms with Crippen molar-refractivity contribution in [1.29, 1.82) is 0 Å². The van der Waals surface area contributed by atoms with Crippen molar-refractivity contribution in [1.82, 2.24) is 20.3 Å². The summed E-state index contributed by atoms with van der Waals surface area (Å²) in [5, 5.41) is 6.51. The van der Waals surface area contributed by atoms with E-state index in [2.05, 4.69) is 39.4 Å². The highest BCUT2D eigenvalue weighted by molar-refractivity contribution is 5.25. The van der Waals surface area contributed by atoms with E-state index in [1.807, 2.05) is 24.5 Å². The van der Waals surface area contributed by atoms with Crippen LogP contribution >= 0.6 is 0 Å². The van der Waals surface area contributed by atoms with Gasteiger partial charge in [-0.3, -0.25) is 4.98 Å². The smallest absolute Gasteiger partial charge is 0.222 e. The summed E-state index contributed by atoms with van der Waals surface area (Å²) in [4.78, 5) is 12.5. The Bertz CT molecular complexity index is 481. The predicted molar refractivity (Wildman–Crippen MR) is 75.6 cm³/mol. The molecule has 0 unspecified atom stereocenters. The molecule has 2 aromatic heterocycles. The Labute approximate surface area is 113 Å². The van der Waals surface area contributed by atoms with Gasteiger partial charge in [-0.15, -0.1) is 0 Å². The third-order valence-electron chi connectivity index (χ3n) is 2.53. The van der Waals surface area contributed by atoms with Crippen LogP contribution in [0.1, 0.15) is 25.0 Å². The van der Waals surface area contributed by atoms with E-state index < -0.39 is 0 Å². The van der Waals surface area contributed by atoms with Crippen LogP contribution in [0.15, 0.2) is 36.9 Å². The average molecular weight is 257 g/mol. The SMILES string of the molecule is CC(C)Nc1ncc(CNCc2ccncc2)cn1. The first kappa shape index (κ1) is 13.4. The average Bonchev–Trinajstić information content (AvgIpc) is 2.41. The van der Waals surface area contributed by atoms with Gasteiger partial charge in [0.05, 0.1) is 0 Å². The Hall–Kier alpha value is -2.01. The third-order valence-corrected chi connectivity index (χ3v) is 2.53. The molecule has 19 heavy (non-hydrogen) atoms. The summed E-state index contributed by atoms with van der Waals surface area (Å²) in [7, 11) is 0. The van der Waals surface area contributed by atoms with Gasteiger partial charge in [-0.1, -0.05) is 0 Å². The van der Waals surface area contributed by atoms with Crippen molar-refractivity contribution in [3.63, 3.8) is 0 Å². The molecule has 0 aliphatic rings. The van der Waals surface area contributed by atoms with Crippen molar-refractivity contribution in [3.8, 4) is 0 Å². The Kier molecular flexibility index (Phi) is 4.80. The summed E-state index contributed by atoms with van der Waals surface area (Å²) >= 11 is 0. The highest BCUT2D eigenvalue weighted by atomic mass is 15.1. The van der Waals surface area contributed by atoms with E-state index >= 15 is 0 Å². The predicted octanol–water partition coefficient (Wildman–Crippen LogP) is 1.98. The van der Waals surface area contributed by atoms with Gasteiger partial charge in [-0.05, 0) is 31.5 Å². The second-order valence-electron chi connectivity index (χ2n) is 4.67. The fourth-order valence-electron chi connectivity index (χ4n) is 1.63. The molecule has 2 rings (SSSR count). The van der Waals surface area contributed by atoms with Crippen LogP contribution in [0.2, 0.25) is 0 Å². The molecular formula is C14H19N5. The highest BCUT2D eigenvalue weighted by Gasteiger charge is 1.99. The van der Waals surface area contributed by atoms with Crippen molar-refractivity contribution < 1.29 is 0 Å².